The van der Waals surface area contributed by atoms with Crippen LogP contribution in [0.4, 0.5) is 5.69 Å². The molecule has 98 valence electrons. The van der Waals surface area contributed by atoms with E-state index in [0.717, 1.165) is 5.39 Å². The van der Waals surface area contributed by atoms with Crippen molar-refractivity contribution >= 4 is 22.9 Å². The van der Waals surface area contributed by atoms with Gasteiger partial charge in [0.25, 0.3) is 5.69 Å². The monoisotopic (exact) mass is 267 g/mol. The third kappa shape index (κ3) is 1.85. The van der Waals surface area contributed by atoms with E-state index in [1.165, 1.54) is 6.07 Å². The maximum Gasteiger partial charge on any atom is 0.277 e. The van der Waals surface area contributed by atoms with E-state index in [4.69, 9.17) is 4.42 Å². The molecule has 1 aromatic heterocycles. The zero-order valence-electron chi connectivity index (χ0n) is 10.3. The van der Waals surface area contributed by atoms with E-state index >= 15 is 0 Å². The van der Waals surface area contributed by atoms with Gasteiger partial charge in [0.15, 0.2) is 0 Å². The predicted molar refractivity (Wildman–Crippen MR) is 73.7 cm³/mol. The summed E-state index contributed by atoms with van der Waals surface area (Å²) in [7, 11) is 0. The molecule has 0 aliphatic rings. The highest BCUT2D eigenvalue weighted by Gasteiger charge is 2.18. The third-order valence-corrected chi connectivity index (χ3v) is 3.14. The topological polar surface area (TPSA) is 73.3 Å². The van der Waals surface area contributed by atoms with Gasteiger partial charge < -0.3 is 4.42 Å². The van der Waals surface area contributed by atoms with Crippen LogP contribution in [0.5, 0.6) is 0 Å². The van der Waals surface area contributed by atoms with Crippen molar-refractivity contribution < 1.29 is 14.1 Å². The summed E-state index contributed by atoms with van der Waals surface area (Å²) in [5.41, 5.74) is 2.02. The summed E-state index contributed by atoms with van der Waals surface area (Å²) in [5, 5.41) is 12.0. The van der Waals surface area contributed by atoms with Gasteiger partial charge in [-0.1, -0.05) is 18.2 Å². The standard InChI is InChI=1S/C15H9NO4/c17-9-10-4-5-12(14(8-10)16(18)19)11-2-1-3-15-13(11)6-7-20-15/h1-9H. The van der Waals surface area contributed by atoms with Crippen molar-refractivity contribution in [1.29, 1.82) is 0 Å². The molecule has 0 unspecified atom stereocenters. The number of benzene rings is 2. The van der Waals surface area contributed by atoms with Crippen LogP contribution in [0.1, 0.15) is 10.4 Å². The van der Waals surface area contributed by atoms with Crippen molar-refractivity contribution in [3.05, 3.63) is 64.4 Å². The highest BCUT2D eigenvalue weighted by molar-refractivity contribution is 5.97. The minimum absolute atomic E-state index is 0.0942. The lowest BCUT2D eigenvalue weighted by molar-refractivity contribution is -0.384. The summed E-state index contributed by atoms with van der Waals surface area (Å²) in [6.45, 7) is 0. The van der Waals surface area contributed by atoms with E-state index < -0.39 is 4.92 Å². The van der Waals surface area contributed by atoms with E-state index in [9.17, 15) is 14.9 Å². The summed E-state index contributed by atoms with van der Waals surface area (Å²) in [6.07, 6.45) is 2.13. The Morgan fingerprint density at radius 1 is 1.10 bits per heavy atom. The molecule has 0 atom stereocenters. The Hall–Kier alpha value is -2.95. The highest BCUT2D eigenvalue weighted by Crippen LogP contribution is 2.35. The maximum absolute atomic E-state index is 11.2. The van der Waals surface area contributed by atoms with Gasteiger partial charge in [-0.2, -0.15) is 0 Å². The van der Waals surface area contributed by atoms with Crippen LogP contribution in [0.3, 0.4) is 0 Å². The summed E-state index contributed by atoms with van der Waals surface area (Å²) in [5.74, 6) is 0. The molecule has 2 aromatic carbocycles. The molecule has 0 radical (unpaired) electrons. The molecule has 5 nitrogen and oxygen atoms in total. The van der Waals surface area contributed by atoms with Gasteiger partial charge >= 0.3 is 0 Å². The second-order valence-electron chi connectivity index (χ2n) is 4.29. The van der Waals surface area contributed by atoms with Crippen LogP contribution in [0.2, 0.25) is 0 Å². The fourth-order valence-electron chi connectivity index (χ4n) is 2.23. The first-order chi connectivity index (χ1) is 9.70. The average Bonchev–Trinajstić information content (AvgIpc) is 2.95. The number of furan rings is 1. The van der Waals surface area contributed by atoms with Crippen molar-refractivity contribution in [2.45, 2.75) is 0 Å². The number of carbonyl (C=O) groups excluding carboxylic acids is 1. The molecule has 0 spiro atoms. The molecule has 0 saturated heterocycles. The lowest BCUT2D eigenvalue weighted by Crippen LogP contribution is -1.94. The van der Waals surface area contributed by atoms with E-state index in [-0.39, 0.29) is 11.3 Å². The van der Waals surface area contributed by atoms with E-state index in [1.54, 1.807) is 42.7 Å². The molecule has 0 aliphatic carbocycles. The summed E-state index contributed by atoms with van der Waals surface area (Å²) in [6, 6.07) is 11.6. The van der Waals surface area contributed by atoms with Gasteiger partial charge in [-0.3, -0.25) is 14.9 Å². The Kier molecular flexibility index (Phi) is 2.80. The zero-order chi connectivity index (χ0) is 14.1. The fraction of sp³-hybridized carbons (Fsp3) is 0. The normalized spacial score (nSPS) is 10.6. The molecule has 3 rings (SSSR count). The molecular formula is C15H9NO4. The van der Waals surface area contributed by atoms with Gasteiger partial charge in [-0.05, 0) is 23.8 Å². The van der Waals surface area contributed by atoms with Crippen LogP contribution < -0.4 is 0 Å². The Bertz CT molecular complexity index is 820. The zero-order valence-corrected chi connectivity index (χ0v) is 10.3. The number of rotatable bonds is 3. The van der Waals surface area contributed by atoms with E-state index in [0.29, 0.717) is 23.0 Å². The second-order valence-corrected chi connectivity index (χ2v) is 4.29. The van der Waals surface area contributed by atoms with Crippen molar-refractivity contribution in [3.63, 3.8) is 0 Å². The first kappa shape index (κ1) is 12.1. The van der Waals surface area contributed by atoms with Gasteiger partial charge in [0.05, 0.1) is 16.7 Å². The second kappa shape index (κ2) is 4.62. The molecule has 0 fully saturated rings. The highest BCUT2D eigenvalue weighted by atomic mass is 16.6. The molecule has 0 N–H and O–H groups in total. The predicted octanol–water partition coefficient (Wildman–Crippen LogP) is 3.82. The molecule has 3 aromatic rings. The number of nitro groups is 1. The Morgan fingerprint density at radius 3 is 2.70 bits per heavy atom. The number of aldehydes is 1. The molecule has 0 bridgehead atoms. The molecule has 0 saturated carbocycles. The van der Waals surface area contributed by atoms with Crippen LogP contribution in [0.15, 0.2) is 53.1 Å². The fourth-order valence-corrected chi connectivity index (χ4v) is 2.23. The Labute approximate surface area is 113 Å². The SMILES string of the molecule is O=Cc1ccc(-c2cccc3occc23)c([N+](=O)[O-])c1. The van der Waals surface area contributed by atoms with E-state index in [1.807, 2.05) is 0 Å². The number of fused-ring (bicyclic) bond motifs is 1. The molecular weight excluding hydrogens is 258 g/mol. The number of hydrogen-bond donors (Lipinski definition) is 0. The molecule has 0 amide bonds. The smallest absolute Gasteiger partial charge is 0.277 e. The van der Waals surface area contributed by atoms with Crippen LogP contribution in [-0.2, 0) is 0 Å². The van der Waals surface area contributed by atoms with Crippen LogP contribution in [0, 0.1) is 10.1 Å². The third-order valence-electron chi connectivity index (χ3n) is 3.14. The van der Waals surface area contributed by atoms with Crippen LogP contribution in [0.25, 0.3) is 22.1 Å². The number of hydrogen-bond acceptors (Lipinski definition) is 4. The number of nitrogens with zero attached hydrogens (tertiary/aromatic N) is 1. The van der Waals surface area contributed by atoms with Crippen molar-refractivity contribution in [2.75, 3.05) is 0 Å². The lowest BCUT2D eigenvalue weighted by atomic mass is 9.99. The minimum atomic E-state index is -0.485. The molecule has 20 heavy (non-hydrogen) atoms. The maximum atomic E-state index is 11.2. The molecule has 0 aliphatic heterocycles. The Morgan fingerprint density at radius 2 is 1.95 bits per heavy atom. The van der Waals surface area contributed by atoms with Crippen molar-refractivity contribution in [2.24, 2.45) is 0 Å². The summed E-state index contributed by atoms with van der Waals surface area (Å²) >= 11 is 0. The van der Waals surface area contributed by atoms with Gasteiger partial charge in [-0.25, -0.2) is 0 Å². The quantitative estimate of drug-likeness (QED) is 0.410. The summed E-state index contributed by atoms with van der Waals surface area (Å²) in [4.78, 5) is 21.5. The largest absolute Gasteiger partial charge is 0.464 e. The van der Waals surface area contributed by atoms with Crippen molar-refractivity contribution in [1.82, 2.24) is 0 Å². The number of nitro benzene ring substituents is 1. The summed E-state index contributed by atoms with van der Waals surface area (Å²) < 4.78 is 5.30. The van der Waals surface area contributed by atoms with Gasteiger partial charge in [0.1, 0.15) is 11.9 Å². The molecule has 5 heteroatoms. The number of carbonyl (C=O) groups is 1. The van der Waals surface area contributed by atoms with Crippen molar-refractivity contribution in [3.8, 4) is 11.1 Å². The first-order valence-corrected chi connectivity index (χ1v) is 5.91. The lowest BCUT2D eigenvalue weighted by Gasteiger charge is -2.05. The van der Waals surface area contributed by atoms with Gasteiger partial charge in [-0.15, -0.1) is 0 Å². The van der Waals surface area contributed by atoms with Gasteiger partial charge in [0.2, 0.25) is 0 Å². The molecule has 1 heterocycles. The van der Waals surface area contributed by atoms with Crippen LogP contribution in [-0.4, -0.2) is 11.2 Å². The van der Waals surface area contributed by atoms with Crippen LogP contribution >= 0.6 is 0 Å². The van der Waals surface area contributed by atoms with E-state index in [2.05, 4.69) is 0 Å². The Balaban J connectivity index is 2.31. The van der Waals surface area contributed by atoms with Gasteiger partial charge in [0, 0.05) is 17.0 Å². The average molecular weight is 267 g/mol. The first-order valence-electron chi connectivity index (χ1n) is 5.91. The minimum Gasteiger partial charge on any atom is -0.464 e.